The fourth-order valence-electron chi connectivity index (χ4n) is 2.53. The van der Waals surface area contributed by atoms with E-state index in [1.807, 2.05) is 37.3 Å². The van der Waals surface area contributed by atoms with Crippen LogP contribution >= 0.6 is 0 Å². The number of ether oxygens (including phenoxy) is 1. The van der Waals surface area contributed by atoms with Crippen LogP contribution in [0.15, 0.2) is 54.6 Å². The van der Waals surface area contributed by atoms with Crippen LogP contribution in [0.25, 0.3) is 10.9 Å². The normalized spacial score (nSPS) is 10.8. The lowest BCUT2D eigenvalue weighted by molar-refractivity contribution is 0.307. The Bertz CT molecular complexity index is 764. The van der Waals surface area contributed by atoms with Crippen LogP contribution in [0.2, 0.25) is 0 Å². The second-order valence-corrected chi connectivity index (χ2v) is 5.23. The SMILES string of the molecule is CCc1cccc(OCc2cc(C)nc3ccccc23)c1. The van der Waals surface area contributed by atoms with E-state index in [1.165, 1.54) is 11.1 Å². The van der Waals surface area contributed by atoms with Crippen molar-refractivity contribution in [2.45, 2.75) is 26.9 Å². The third kappa shape index (κ3) is 3.05. The first-order valence-electron chi connectivity index (χ1n) is 7.33. The maximum absolute atomic E-state index is 5.97. The van der Waals surface area contributed by atoms with Gasteiger partial charge in [0.15, 0.2) is 0 Å². The molecule has 3 aromatic rings. The summed E-state index contributed by atoms with van der Waals surface area (Å²) < 4.78 is 5.97. The van der Waals surface area contributed by atoms with E-state index in [1.54, 1.807) is 0 Å². The summed E-state index contributed by atoms with van der Waals surface area (Å²) in [5.74, 6) is 0.924. The molecule has 0 radical (unpaired) electrons. The highest BCUT2D eigenvalue weighted by Crippen LogP contribution is 2.21. The van der Waals surface area contributed by atoms with Gasteiger partial charge in [0.1, 0.15) is 12.4 Å². The number of pyridine rings is 1. The van der Waals surface area contributed by atoms with E-state index in [0.29, 0.717) is 6.61 Å². The molecule has 0 unspecified atom stereocenters. The lowest BCUT2D eigenvalue weighted by atomic mass is 10.1. The summed E-state index contributed by atoms with van der Waals surface area (Å²) in [5, 5.41) is 1.16. The first kappa shape index (κ1) is 13.6. The summed E-state index contributed by atoms with van der Waals surface area (Å²) >= 11 is 0. The third-order valence-corrected chi connectivity index (χ3v) is 3.63. The maximum Gasteiger partial charge on any atom is 0.120 e. The number of aryl methyl sites for hydroxylation is 2. The molecule has 0 spiro atoms. The van der Waals surface area contributed by atoms with E-state index in [-0.39, 0.29) is 0 Å². The molecule has 0 atom stereocenters. The van der Waals surface area contributed by atoms with Gasteiger partial charge in [0.05, 0.1) is 5.52 Å². The number of nitrogens with zero attached hydrogens (tertiary/aromatic N) is 1. The number of aromatic nitrogens is 1. The molecule has 2 nitrogen and oxygen atoms in total. The average Bonchev–Trinajstić information content (AvgIpc) is 2.52. The Morgan fingerprint density at radius 1 is 1.00 bits per heavy atom. The van der Waals surface area contributed by atoms with Gasteiger partial charge in [-0.2, -0.15) is 0 Å². The van der Waals surface area contributed by atoms with Crippen molar-refractivity contribution in [1.82, 2.24) is 4.98 Å². The van der Waals surface area contributed by atoms with E-state index in [9.17, 15) is 0 Å². The van der Waals surface area contributed by atoms with Crippen LogP contribution in [0.3, 0.4) is 0 Å². The van der Waals surface area contributed by atoms with Gasteiger partial charge in [-0.15, -0.1) is 0 Å². The monoisotopic (exact) mass is 277 g/mol. The van der Waals surface area contributed by atoms with Gasteiger partial charge in [0.2, 0.25) is 0 Å². The van der Waals surface area contributed by atoms with E-state index in [4.69, 9.17) is 4.74 Å². The van der Waals surface area contributed by atoms with Gasteiger partial charge in [-0.1, -0.05) is 37.3 Å². The minimum atomic E-state index is 0.567. The zero-order valence-corrected chi connectivity index (χ0v) is 12.5. The van der Waals surface area contributed by atoms with Crippen molar-refractivity contribution in [2.75, 3.05) is 0 Å². The Morgan fingerprint density at radius 2 is 1.86 bits per heavy atom. The van der Waals surface area contributed by atoms with Crippen LogP contribution in [0, 0.1) is 6.92 Å². The van der Waals surface area contributed by atoms with E-state index in [0.717, 1.165) is 28.8 Å². The van der Waals surface area contributed by atoms with Crippen LogP contribution in [0.5, 0.6) is 5.75 Å². The van der Waals surface area contributed by atoms with Crippen LogP contribution < -0.4 is 4.74 Å². The number of hydrogen-bond acceptors (Lipinski definition) is 2. The lowest BCUT2D eigenvalue weighted by Gasteiger charge is -2.10. The summed E-state index contributed by atoms with van der Waals surface area (Å²) in [5.41, 5.74) is 4.52. The Hall–Kier alpha value is -2.35. The van der Waals surface area contributed by atoms with E-state index >= 15 is 0 Å². The Balaban J connectivity index is 1.87. The summed E-state index contributed by atoms with van der Waals surface area (Å²) in [6.07, 6.45) is 1.02. The topological polar surface area (TPSA) is 22.1 Å². The third-order valence-electron chi connectivity index (χ3n) is 3.63. The van der Waals surface area contributed by atoms with Gasteiger partial charge >= 0.3 is 0 Å². The van der Waals surface area contributed by atoms with Crippen molar-refractivity contribution in [3.8, 4) is 5.75 Å². The molecule has 106 valence electrons. The fraction of sp³-hybridized carbons (Fsp3) is 0.211. The van der Waals surface area contributed by atoms with Crippen molar-refractivity contribution < 1.29 is 4.74 Å². The van der Waals surface area contributed by atoms with Crippen LogP contribution in [-0.4, -0.2) is 4.98 Å². The molecule has 0 aliphatic heterocycles. The van der Waals surface area contributed by atoms with Crippen molar-refractivity contribution in [2.24, 2.45) is 0 Å². The molecule has 2 heteroatoms. The predicted octanol–water partition coefficient (Wildman–Crippen LogP) is 4.68. The van der Waals surface area contributed by atoms with Gasteiger partial charge < -0.3 is 4.74 Å². The Labute approximate surface area is 125 Å². The minimum absolute atomic E-state index is 0.567. The van der Waals surface area contributed by atoms with Crippen LogP contribution in [-0.2, 0) is 13.0 Å². The van der Waals surface area contributed by atoms with Gasteiger partial charge in [0, 0.05) is 16.6 Å². The second-order valence-electron chi connectivity index (χ2n) is 5.23. The first-order chi connectivity index (χ1) is 10.3. The molecule has 21 heavy (non-hydrogen) atoms. The molecular weight excluding hydrogens is 258 g/mol. The van der Waals surface area contributed by atoms with Crippen LogP contribution in [0.4, 0.5) is 0 Å². The summed E-state index contributed by atoms with van der Waals surface area (Å²) in [6, 6.07) is 18.6. The first-order valence-corrected chi connectivity index (χ1v) is 7.33. The molecule has 2 aromatic carbocycles. The van der Waals surface area contributed by atoms with Crippen molar-refractivity contribution in [3.05, 3.63) is 71.4 Å². The van der Waals surface area contributed by atoms with Gasteiger partial charge in [-0.25, -0.2) is 0 Å². The zero-order chi connectivity index (χ0) is 14.7. The smallest absolute Gasteiger partial charge is 0.120 e. The molecule has 0 aliphatic rings. The molecule has 0 N–H and O–H groups in total. The molecule has 1 heterocycles. The van der Waals surface area contributed by atoms with Crippen molar-refractivity contribution >= 4 is 10.9 Å². The van der Waals surface area contributed by atoms with Crippen molar-refractivity contribution in [1.29, 1.82) is 0 Å². The average molecular weight is 277 g/mol. The summed E-state index contributed by atoms with van der Waals surface area (Å²) in [7, 11) is 0. The van der Waals surface area contributed by atoms with Crippen LogP contribution in [0.1, 0.15) is 23.7 Å². The number of rotatable bonds is 4. The molecule has 0 aliphatic carbocycles. The summed E-state index contributed by atoms with van der Waals surface area (Å²) in [6.45, 7) is 4.74. The number of para-hydroxylation sites is 1. The van der Waals surface area contributed by atoms with Crippen molar-refractivity contribution in [3.63, 3.8) is 0 Å². The molecule has 0 amide bonds. The largest absolute Gasteiger partial charge is 0.489 e. The highest BCUT2D eigenvalue weighted by Gasteiger charge is 2.05. The lowest BCUT2D eigenvalue weighted by Crippen LogP contribution is -1.99. The fourth-order valence-corrected chi connectivity index (χ4v) is 2.53. The Kier molecular flexibility index (Phi) is 3.87. The van der Waals surface area contributed by atoms with E-state index in [2.05, 4.69) is 36.2 Å². The zero-order valence-electron chi connectivity index (χ0n) is 12.5. The maximum atomic E-state index is 5.97. The molecule has 0 saturated heterocycles. The quantitative estimate of drug-likeness (QED) is 0.690. The molecular formula is C19H19NO. The molecule has 0 fully saturated rings. The summed E-state index contributed by atoms with van der Waals surface area (Å²) in [4.78, 5) is 4.56. The molecule has 3 rings (SSSR count). The highest BCUT2D eigenvalue weighted by atomic mass is 16.5. The standard InChI is InChI=1S/C19H19NO/c1-3-15-7-6-8-17(12-15)21-13-16-11-14(2)20-19-10-5-4-9-18(16)19/h4-12H,3,13H2,1-2H3. The molecule has 1 aromatic heterocycles. The Morgan fingerprint density at radius 3 is 2.71 bits per heavy atom. The van der Waals surface area contributed by atoms with E-state index < -0.39 is 0 Å². The number of hydrogen-bond donors (Lipinski definition) is 0. The predicted molar refractivity (Wildman–Crippen MR) is 86.6 cm³/mol. The molecule has 0 bridgehead atoms. The number of benzene rings is 2. The second kappa shape index (κ2) is 5.96. The highest BCUT2D eigenvalue weighted by molar-refractivity contribution is 5.82. The number of fused-ring (bicyclic) bond motifs is 1. The van der Waals surface area contributed by atoms with Gasteiger partial charge in [0.25, 0.3) is 0 Å². The molecule has 0 saturated carbocycles. The van der Waals surface area contributed by atoms with Gasteiger partial charge in [-0.05, 0) is 43.2 Å². The minimum Gasteiger partial charge on any atom is -0.489 e. The van der Waals surface area contributed by atoms with Gasteiger partial charge in [-0.3, -0.25) is 4.98 Å².